The van der Waals surface area contributed by atoms with Gasteiger partial charge in [-0.15, -0.1) is 0 Å². The number of methoxy groups -OCH3 is 1. The number of amides is 2. The molecule has 0 unspecified atom stereocenters. The summed E-state index contributed by atoms with van der Waals surface area (Å²) in [6.45, 7) is 5.41. The molecule has 170 valence electrons. The van der Waals surface area contributed by atoms with Crippen molar-refractivity contribution in [1.29, 1.82) is 0 Å². The maximum Gasteiger partial charge on any atom is 0.255 e. The van der Waals surface area contributed by atoms with Crippen molar-refractivity contribution in [2.75, 3.05) is 17.1 Å². The summed E-state index contributed by atoms with van der Waals surface area (Å²) in [6, 6.07) is 18.2. The summed E-state index contributed by atoms with van der Waals surface area (Å²) >= 11 is 1.41. The summed E-state index contributed by atoms with van der Waals surface area (Å²) in [5, 5.41) is 2.89. The van der Waals surface area contributed by atoms with Gasteiger partial charge in [0.2, 0.25) is 5.91 Å². The van der Waals surface area contributed by atoms with Gasteiger partial charge in [0, 0.05) is 23.7 Å². The van der Waals surface area contributed by atoms with Gasteiger partial charge >= 0.3 is 0 Å². The molecule has 0 heterocycles. The molecule has 0 saturated heterocycles. The molecule has 0 aliphatic heterocycles. The summed E-state index contributed by atoms with van der Waals surface area (Å²) in [6.07, 6.45) is 0. The number of rotatable bonds is 7. The van der Waals surface area contributed by atoms with Crippen LogP contribution in [0.5, 0.6) is 5.75 Å². The van der Waals surface area contributed by atoms with E-state index in [0.717, 1.165) is 21.7 Å². The molecule has 4 N–H and O–H groups in total. The van der Waals surface area contributed by atoms with Crippen LogP contribution in [0.25, 0.3) is 0 Å². The summed E-state index contributed by atoms with van der Waals surface area (Å²) < 4.78 is 8.87. The van der Waals surface area contributed by atoms with E-state index in [4.69, 9.17) is 10.5 Å². The molecule has 0 spiro atoms. The first kappa shape index (κ1) is 23.9. The van der Waals surface area contributed by atoms with E-state index in [0.29, 0.717) is 22.6 Å². The third kappa shape index (κ3) is 6.14. The minimum atomic E-state index is -0.403. The Kier molecular flexibility index (Phi) is 7.74. The van der Waals surface area contributed by atoms with E-state index in [9.17, 15) is 9.59 Å². The molecule has 2 amide bonds. The molecule has 0 saturated carbocycles. The lowest BCUT2D eigenvalue weighted by Crippen LogP contribution is -2.17. The van der Waals surface area contributed by atoms with E-state index in [1.54, 1.807) is 43.5 Å². The van der Waals surface area contributed by atoms with Crippen molar-refractivity contribution < 1.29 is 14.3 Å². The molecule has 3 rings (SSSR count). The first-order valence-electron chi connectivity index (χ1n) is 10.2. The topological polar surface area (TPSA) is 106 Å². The number of nitrogens with zero attached hydrogens (tertiary/aromatic N) is 1. The second-order valence-electron chi connectivity index (χ2n) is 7.39. The second-order valence-corrected chi connectivity index (χ2v) is 8.24. The fourth-order valence-electron chi connectivity index (χ4n) is 3.17. The molecular weight excluding hydrogens is 436 g/mol. The zero-order chi connectivity index (χ0) is 24.0. The predicted molar refractivity (Wildman–Crippen MR) is 134 cm³/mol. The molecule has 0 aliphatic rings. The van der Waals surface area contributed by atoms with E-state index in [2.05, 4.69) is 15.0 Å². The van der Waals surface area contributed by atoms with E-state index < -0.39 is 5.91 Å². The van der Waals surface area contributed by atoms with Crippen molar-refractivity contribution in [3.8, 4) is 5.75 Å². The molecule has 0 fully saturated rings. The number of nitrogens with one attached hydrogen (secondary N) is 2. The van der Waals surface area contributed by atoms with Crippen LogP contribution < -0.4 is 20.5 Å². The zero-order valence-corrected chi connectivity index (χ0v) is 19.7. The molecule has 8 heteroatoms. The lowest BCUT2D eigenvalue weighted by atomic mass is 10.1. The molecule has 33 heavy (non-hydrogen) atoms. The highest BCUT2D eigenvalue weighted by molar-refractivity contribution is 8.00. The average Bonchev–Trinajstić information content (AvgIpc) is 2.78. The van der Waals surface area contributed by atoms with E-state index >= 15 is 0 Å². The van der Waals surface area contributed by atoms with E-state index in [1.807, 2.05) is 38.1 Å². The summed E-state index contributed by atoms with van der Waals surface area (Å²) in [4.78, 5) is 28.6. The van der Waals surface area contributed by atoms with Gasteiger partial charge in [-0.25, -0.2) is 0 Å². The number of carbonyl (C=O) groups excluding carboxylic acids is 2. The van der Waals surface area contributed by atoms with Gasteiger partial charge in [-0.1, -0.05) is 30.3 Å². The van der Waals surface area contributed by atoms with Crippen molar-refractivity contribution in [2.24, 2.45) is 10.7 Å². The number of ether oxygens (including phenoxy) is 1. The number of anilines is 2. The van der Waals surface area contributed by atoms with Gasteiger partial charge < -0.3 is 20.5 Å². The molecular formula is C25H26N4O3S. The number of nitrogens with two attached hydrogens (primary N) is 1. The third-order valence-electron chi connectivity index (χ3n) is 4.86. The molecule has 0 radical (unpaired) electrons. The van der Waals surface area contributed by atoms with Crippen LogP contribution in [0.4, 0.5) is 11.4 Å². The Balaban J connectivity index is 1.79. The van der Waals surface area contributed by atoms with Gasteiger partial charge in [0.05, 0.1) is 17.7 Å². The number of carbonyl (C=O) groups is 2. The number of hydrogen-bond acceptors (Lipinski definition) is 5. The van der Waals surface area contributed by atoms with Crippen LogP contribution in [0.2, 0.25) is 0 Å². The Labute approximate surface area is 197 Å². The quantitative estimate of drug-likeness (QED) is 0.261. The van der Waals surface area contributed by atoms with Crippen LogP contribution in [0.1, 0.15) is 34.0 Å². The highest BCUT2D eigenvalue weighted by atomic mass is 32.2. The summed E-state index contributed by atoms with van der Waals surface area (Å²) in [5.41, 5.74) is 10.7. The number of para-hydroxylation sites is 1. The number of amidine groups is 1. The van der Waals surface area contributed by atoms with Gasteiger partial charge in [0.15, 0.2) is 0 Å². The molecule has 0 aromatic heterocycles. The smallest absolute Gasteiger partial charge is 0.255 e. The van der Waals surface area contributed by atoms with Crippen molar-refractivity contribution >= 4 is 41.0 Å². The fraction of sp³-hybridized carbons (Fsp3) is 0.160. The Morgan fingerprint density at radius 3 is 2.30 bits per heavy atom. The molecule has 7 nitrogen and oxygen atoms in total. The van der Waals surface area contributed by atoms with E-state index in [-0.39, 0.29) is 11.7 Å². The van der Waals surface area contributed by atoms with Crippen LogP contribution in [0, 0.1) is 13.8 Å². The van der Waals surface area contributed by atoms with Crippen LogP contribution in [-0.4, -0.2) is 24.8 Å². The predicted octanol–water partition coefficient (Wildman–Crippen LogP) is 4.94. The van der Waals surface area contributed by atoms with Gasteiger partial charge in [-0.05, 0) is 67.3 Å². The average molecular weight is 463 g/mol. The minimum Gasteiger partial charge on any atom is -0.496 e. The first-order chi connectivity index (χ1) is 15.8. The normalized spacial score (nSPS) is 11.1. The van der Waals surface area contributed by atoms with Gasteiger partial charge in [0.25, 0.3) is 5.91 Å². The Morgan fingerprint density at radius 1 is 0.970 bits per heavy atom. The maximum atomic E-state index is 12.8. The Morgan fingerprint density at radius 2 is 1.64 bits per heavy atom. The largest absolute Gasteiger partial charge is 0.496 e. The molecule has 3 aromatic rings. The number of hydrogen-bond donors (Lipinski definition) is 3. The van der Waals surface area contributed by atoms with Crippen molar-refractivity contribution in [2.45, 2.75) is 25.7 Å². The molecule has 0 bridgehead atoms. The summed E-state index contributed by atoms with van der Waals surface area (Å²) in [7, 11) is 1.61. The SMILES string of the molecule is COc1ccc(NC(=O)c2cccc(C(N)=NC(C)=O)c2)cc1SNc1c(C)cccc1C. The van der Waals surface area contributed by atoms with Gasteiger partial charge in [0.1, 0.15) is 11.6 Å². The lowest BCUT2D eigenvalue weighted by molar-refractivity contribution is -0.115. The molecule has 3 aromatic carbocycles. The highest BCUT2D eigenvalue weighted by Gasteiger charge is 2.12. The zero-order valence-electron chi connectivity index (χ0n) is 18.9. The maximum absolute atomic E-state index is 12.8. The lowest BCUT2D eigenvalue weighted by Gasteiger charge is -2.15. The summed E-state index contributed by atoms with van der Waals surface area (Å²) in [5.74, 6) is 0.0428. The molecule has 0 aliphatic carbocycles. The highest BCUT2D eigenvalue weighted by Crippen LogP contribution is 2.34. The third-order valence-corrected chi connectivity index (χ3v) is 5.71. The van der Waals surface area contributed by atoms with Crippen LogP contribution in [0.3, 0.4) is 0 Å². The number of aryl methyl sites for hydroxylation is 2. The van der Waals surface area contributed by atoms with Crippen molar-refractivity contribution in [1.82, 2.24) is 0 Å². The van der Waals surface area contributed by atoms with E-state index in [1.165, 1.54) is 18.9 Å². The standard InChI is InChI=1S/C25H26N4O3S/c1-15-7-5-8-16(2)23(15)29-33-22-14-20(11-12-21(22)32-4)28-25(31)19-10-6-9-18(13-19)24(26)27-17(3)30/h5-14,29H,1-4H3,(H,28,31)(H2,26,27,30). The monoisotopic (exact) mass is 462 g/mol. The molecule has 0 atom stereocenters. The Bertz CT molecular complexity index is 1200. The Hall–Kier alpha value is -3.78. The van der Waals surface area contributed by atoms with Crippen LogP contribution in [0.15, 0.2) is 70.6 Å². The fourth-order valence-corrected chi connectivity index (χ4v) is 4.14. The van der Waals surface area contributed by atoms with Gasteiger partial charge in [-0.3, -0.25) is 9.59 Å². The first-order valence-corrected chi connectivity index (χ1v) is 11.0. The minimum absolute atomic E-state index is 0.0675. The van der Waals surface area contributed by atoms with Crippen molar-refractivity contribution in [3.05, 3.63) is 82.9 Å². The van der Waals surface area contributed by atoms with Gasteiger partial charge in [-0.2, -0.15) is 4.99 Å². The second kappa shape index (κ2) is 10.7. The number of benzene rings is 3. The number of aliphatic imine (C=N–C) groups is 1. The van der Waals surface area contributed by atoms with Crippen LogP contribution in [-0.2, 0) is 4.79 Å². The van der Waals surface area contributed by atoms with Crippen LogP contribution >= 0.6 is 11.9 Å². The van der Waals surface area contributed by atoms with Crippen molar-refractivity contribution in [3.63, 3.8) is 0 Å².